The van der Waals surface area contributed by atoms with E-state index in [0.717, 1.165) is 0 Å². The Hall–Kier alpha value is -0.600. The lowest BCUT2D eigenvalue weighted by atomic mass is 9.98. The molecular formula is C7H11FO2. The molecule has 1 aliphatic rings. The zero-order valence-electron chi connectivity index (χ0n) is 5.88. The topological polar surface area (TPSA) is 37.3 Å². The summed E-state index contributed by atoms with van der Waals surface area (Å²) in [5.74, 6) is -1.73. The Balaban J connectivity index is 2.63. The fraction of sp³-hybridized carbons (Fsp3) is 0.857. The van der Waals surface area contributed by atoms with Crippen molar-refractivity contribution >= 4 is 5.97 Å². The van der Waals surface area contributed by atoms with E-state index in [2.05, 4.69) is 0 Å². The number of carbonyl (C=O) groups is 1. The number of alkyl halides is 1. The Kier molecular flexibility index (Phi) is 1.92. The number of carboxylic acids is 1. The van der Waals surface area contributed by atoms with Crippen molar-refractivity contribution in [3.8, 4) is 0 Å². The van der Waals surface area contributed by atoms with Crippen LogP contribution in [0.25, 0.3) is 0 Å². The predicted molar refractivity (Wildman–Crippen MR) is 34.4 cm³/mol. The number of carboxylic acid groups (broad SMARTS) is 1. The molecule has 0 aliphatic heterocycles. The molecule has 0 aromatic carbocycles. The molecule has 0 amide bonds. The van der Waals surface area contributed by atoms with Gasteiger partial charge in [0.15, 0.2) is 0 Å². The van der Waals surface area contributed by atoms with Gasteiger partial charge in [-0.15, -0.1) is 0 Å². The van der Waals surface area contributed by atoms with E-state index in [1.54, 1.807) is 6.92 Å². The minimum Gasteiger partial charge on any atom is -0.481 e. The Morgan fingerprint density at radius 3 is 2.40 bits per heavy atom. The van der Waals surface area contributed by atoms with Crippen molar-refractivity contribution < 1.29 is 14.3 Å². The van der Waals surface area contributed by atoms with Crippen molar-refractivity contribution in [3.05, 3.63) is 0 Å². The molecule has 1 saturated carbocycles. The van der Waals surface area contributed by atoms with Gasteiger partial charge in [0.1, 0.15) is 6.17 Å². The van der Waals surface area contributed by atoms with Crippen LogP contribution >= 0.6 is 0 Å². The summed E-state index contributed by atoms with van der Waals surface area (Å²) in [6.07, 6.45) is 0.00324. The third-order valence-corrected chi connectivity index (χ3v) is 2.19. The third-order valence-electron chi connectivity index (χ3n) is 2.19. The summed E-state index contributed by atoms with van der Waals surface area (Å²) in [4.78, 5) is 10.4. The van der Waals surface area contributed by atoms with Crippen molar-refractivity contribution in [3.63, 3.8) is 0 Å². The maximum absolute atomic E-state index is 12.7. The maximum Gasteiger partial charge on any atom is 0.309 e. The number of aliphatic carboxylic acids is 1. The molecular weight excluding hydrogens is 135 g/mol. The number of rotatable bonds is 1. The van der Waals surface area contributed by atoms with Gasteiger partial charge in [-0.2, -0.15) is 0 Å². The van der Waals surface area contributed by atoms with E-state index in [1.165, 1.54) is 0 Å². The average molecular weight is 146 g/mol. The Labute approximate surface area is 59.0 Å². The van der Waals surface area contributed by atoms with Gasteiger partial charge in [0, 0.05) is 0 Å². The maximum atomic E-state index is 12.7. The van der Waals surface area contributed by atoms with E-state index in [-0.39, 0.29) is 5.92 Å². The summed E-state index contributed by atoms with van der Waals surface area (Å²) in [5, 5.41) is 8.51. The van der Waals surface area contributed by atoms with Gasteiger partial charge in [0.2, 0.25) is 0 Å². The summed E-state index contributed by atoms with van der Waals surface area (Å²) in [7, 11) is 0. The third kappa shape index (κ3) is 1.13. The highest BCUT2D eigenvalue weighted by molar-refractivity contribution is 5.71. The van der Waals surface area contributed by atoms with Gasteiger partial charge < -0.3 is 5.11 Å². The zero-order valence-corrected chi connectivity index (χ0v) is 5.88. The Morgan fingerprint density at radius 2 is 2.20 bits per heavy atom. The molecule has 1 rings (SSSR count). The van der Waals surface area contributed by atoms with E-state index in [4.69, 9.17) is 5.11 Å². The van der Waals surface area contributed by atoms with Gasteiger partial charge >= 0.3 is 5.97 Å². The number of hydrogen-bond acceptors (Lipinski definition) is 1. The molecule has 0 aromatic heterocycles. The molecule has 2 nitrogen and oxygen atoms in total. The van der Waals surface area contributed by atoms with Gasteiger partial charge in [-0.25, -0.2) is 4.39 Å². The molecule has 1 fully saturated rings. The number of halogens is 1. The van der Waals surface area contributed by atoms with Gasteiger partial charge in [0.05, 0.1) is 5.92 Å². The second kappa shape index (κ2) is 2.56. The van der Waals surface area contributed by atoms with E-state index < -0.39 is 18.1 Å². The van der Waals surface area contributed by atoms with Crippen LogP contribution < -0.4 is 0 Å². The second-order valence-corrected chi connectivity index (χ2v) is 2.93. The highest BCUT2D eigenvalue weighted by Gasteiger charge is 2.38. The lowest BCUT2D eigenvalue weighted by Crippen LogP contribution is -2.23. The Bertz CT molecular complexity index is 137. The minimum absolute atomic E-state index is 0.00694. The van der Waals surface area contributed by atoms with Crippen molar-refractivity contribution in [2.24, 2.45) is 11.8 Å². The Morgan fingerprint density at radius 1 is 1.60 bits per heavy atom. The van der Waals surface area contributed by atoms with Crippen molar-refractivity contribution in [2.75, 3.05) is 0 Å². The molecule has 0 unspecified atom stereocenters. The first kappa shape index (κ1) is 7.51. The molecule has 1 aliphatic carbocycles. The van der Waals surface area contributed by atoms with Crippen LogP contribution in [0, 0.1) is 11.8 Å². The molecule has 0 heterocycles. The molecule has 3 heteroatoms. The quantitative estimate of drug-likeness (QED) is 0.608. The normalized spacial score (nSPS) is 40.0. The van der Waals surface area contributed by atoms with Crippen LogP contribution in [0.2, 0.25) is 0 Å². The molecule has 0 saturated heterocycles. The first-order chi connectivity index (χ1) is 4.63. The van der Waals surface area contributed by atoms with Crippen molar-refractivity contribution in [1.82, 2.24) is 0 Å². The zero-order chi connectivity index (χ0) is 7.72. The SMILES string of the molecule is C[C@@H]1CC[C@H](F)[C@H]1C(=O)O. The highest BCUT2D eigenvalue weighted by Crippen LogP contribution is 2.33. The molecule has 0 spiro atoms. The standard InChI is InChI=1S/C7H11FO2/c1-4-2-3-5(8)6(4)7(9)10/h4-6H,2-3H2,1H3,(H,9,10)/t4-,5+,6+/m1/s1. The summed E-state index contributed by atoms with van der Waals surface area (Å²) in [6, 6.07) is 0. The van der Waals surface area contributed by atoms with E-state index >= 15 is 0 Å². The first-order valence-corrected chi connectivity index (χ1v) is 3.50. The van der Waals surface area contributed by atoms with E-state index in [1.807, 2.05) is 0 Å². The summed E-state index contributed by atoms with van der Waals surface area (Å²) < 4.78 is 12.7. The van der Waals surface area contributed by atoms with E-state index in [9.17, 15) is 9.18 Å². The van der Waals surface area contributed by atoms with E-state index in [0.29, 0.717) is 12.8 Å². The summed E-state index contributed by atoms with van der Waals surface area (Å²) in [5.41, 5.74) is 0. The molecule has 1 N–H and O–H groups in total. The van der Waals surface area contributed by atoms with Crippen LogP contribution in [0.15, 0.2) is 0 Å². The van der Waals surface area contributed by atoms with Crippen molar-refractivity contribution in [2.45, 2.75) is 25.9 Å². The van der Waals surface area contributed by atoms with Gasteiger partial charge in [0.25, 0.3) is 0 Å². The van der Waals surface area contributed by atoms with Crippen LogP contribution in [0.4, 0.5) is 4.39 Å². The van der Waals surface area contributed by atoms with Crippen LogP contribution in [-0.2, 0) is 4.79 Å². The minimum atomic E-state index is -1.12. The van der Waals surface area contributed by atoms with Crippen LogP contribution in [0.3, 0.4) is 0 Å². The monoisotopic (exact) mass is 146 g/mol. The number of hydrogen-bond donors (Lipinski definition) is 1. The fourth-order valence-electron chi connectivity index (χ4n) is 1.54. The summed E-state index contributed by atoms with van der Waals surface area (Å²) >= 11 is 0. The predicted octanol–water partition coefficient (Wildman–Crippen LogP) is 1.46. The second-order valence-electron chi connectivity index (χ2n) is 2.93. The van der Waals surface area contributed by atoms with Crippen LogP contribution in [0.5, 0.6) is 0 Å². The van der Waals surface area contributed by atoms with Gasteiger partial charge in [-0.05, 0) is 18.8 Å². The van der Waals surface area contributed by atoms with Crippen LogP contribution in [-0.4, -0.2) is 17.2 Å². The average Bonchev–Trinajstić information content (AvgIpc) is 2.11. The molecule has 58 valence electrons. The van der Waals surface area contributed by atoms with Crippen LogP contribution in [0.1, 0.15) is 19.8 Å². The molecule has 0 radical (unpaired) electrons. The smallest absolute Gasteiger partial charge is 0.309 e. The lowest BCUT2D eigenvalue weighted by Gasteiger charge is -2.10. The first-order valence-electron chi connectivity index (χ1n) is 3.50. The molecule has 10 heavy (non-hydrogen) atoms. The van der Waals surface area contributed by atoms with Crippen molar-refractivity contribution in [1.29, 1.82) is 0 Å². The lowest BCUT2D eigenvalue weighted by molar-refractivity contribution is -0.144. The summed E-state index contributed by atoms with van der Waals surface area (Å²) in [6.45, 7) is 1.79. The molecule has 0 aromatic rings. The molecule has 3 atom stereocenters. The largest absolute Gasteiger partial charge is 0.481 e. The van der Waals surface area contributed by atoms with Gasteiger partial charge in [-0.1, -0.05) is 6.92 Å². The van der Waals surface area contributed by atoms with Gasteiger partial charge in [-0.3, -0.25) is 4.79 Å². The highest BCUT2D eigenvalue weighted by atomic mass is 19.1. The molecule has 0 bridgehead atoms. The fourth-order valence-corrected chi connectivity index (χ4v) is 1.54.